The van der Waals surface area contributed by atoms with E-state index in [1.807, 2.05) is 31.2 Å². The minimum atomic E-state index is -2.88. The van der Waals surface area contributed by atoms with Gasteiger partial charge in [-0.05, 0) is 43.3 Å². The standard InChI is InChI=1S/C21H16F2N4O2S/c1-13-3-2-4-15(11-13)20-25-24-18(30-20)12-27-19(28)10-9-17(26-27)14-5-7-16(8-6-14)29-21(22)23/h2-11,21H,12H2,1H3. The molecule has 4 aromatic rings. The summed E-state index contributed by atoms with van der Waals surface area (Å²) in [7, 11) is 0. The minimum absolute atomic E-state index is 0.0552. The van der Waals surface area contributed by atoms with Crippen LogP contribution in [0.25, 0.3) is 21.8 Å². The van der Waals surface area contributed by atoms with Gasteiger partial charge in [0.2, 0.25) is 0 Å². The monoisotopic (exact) mass is 426 g/mol. The average Bonchev–Trinajstić information content (AvgIpc) is 3.18. The highest BCUT2D eigenvalue weighted by atomic mass is 32.1. The highest BCUT2D eigenvalue weighted by Crippen LogP contribution is 2.25. The van der Waals surface area contributed by atoms with Crippen LogP contribution in [-0.2, 0) is 6.54 Å². The molecule has 9 heteroatoms. The van der Waals surface area contributed by atoms with E-state index in [0.717, 1.165) is 16.1 Å². The van der Waals surface area contributed by atoms with Crippen LogP contribution >= 0.6 is 11.3 Å². The van der Waals surface area contributed by atoms with E-state index in [-0.39, 0.29) is 17.9 Å². The van der Waals surface area contributed by atoms with Gasteiger partial charge in [-0.1, -0.05) is 35.1 Å². The van der Waals surface area contributed by atoms with E-state index in [0.29, 0.717) is 16.3 Å². The lowest BCUT2D eigenvalue weighted by atomic mass is 10.1. The summed E-state index contributed by atoms with van der Waals surface area (Å²) in [5.41, 5.74) is 3.02. The number of aromatic nitrogens is 4. The van der Waals surface area contributed by atoms with Gasteiger partial charge in [0.05, 0.1) is 12.2 Å². The normalized spacial score (nSPS) is 11.1. The van der Waals surface area contributed by atoms with E-state index in [4.69, 9.17) is 0 Å². The molecule has 0 radical (unpaired) electrons. The zero-order chi connectivity index (χ0) is 21.1. The Morgan fingerprint density at radius 3 is 2.57 bits per heavy atom. The van der Waals surface area contributed by atoms with Crippen molar-refractivity contribution in [3.63, 3.8) is 0 Å². The Morgan fingerprint density at radius 1 is 1.03 bits per heavy atom. The summed E-state index contributed by atoms with van der Waals surface area (Å²) >= 11 is 1.40. The van der Waals surface area contributed by atoms with E-state index in [1.54, 1.807) is 18.2 Å². The topological polar surface area (TPSA) is 69.9 Å². The van der Waals surface area contributed by atoms with Crippen LogP contribution in [0.3, 0.4) is 0 Å². The van der Waals surface area contributed by atoms with E-state index < -0.39 is 6.61 Å². The molecule has 6 nitrogen and oxygen atoms in total. The summed E-state index contributed by atoms with van der Waals surface area (Å²) in [6.45, 7) is -0.692. The van der Waals surface area contributed by atoms with Crippen molar-refractivity contribution in [1.29, 1.82) is 0 Å². The molecule has 0 aliphatic carbocycles. The van der Waals surface area contributed by atoms with Crippen LogP contribution < -0.4 is 10.3 Å². The van der Waals surface area contributed by atoms with Crippen LogP contribution in [0.15, 0.2) is 65.5 Å². The summed E-state index contributed by atoms with van der Waals surface area (Å²) in [4.78, 5) is 12.3. The fraction of sp³-hybridized carbons (Fsp3) is 0.143. The summed E-state index contributed by atoms with van der Waals surface area (Å²) in [5, 5.41) is 14.2. The molecule has 4 rings (SSSR count). The first-order valence-corrected chi connectivity index (χ1v) is 9.82. The molecule has 30 heavy (non-hydrogen) atoms. The van der Waals surface area contributed by atoms with Crippen LogP contribution in [0.5, 0.6) is 5.75 Å². The van der Waals surface area contributed by atoms with Crippen LogP contribution in [-0.4, -0.2) is 26.6 Å². The van der Waals surface area contributed by atoms with Gasteiger partial charge < -0.3 is 4.74 Å². The van der Waals surface area contributed by atoms with Crippen LogP contribution in [0.4, 0.5) is 8.78 Å². The van der Waals surface area contributed by atoms with Crippen molar-refractivity contribution < 1.29 is 13.5 Å². The van der Waals surface area contributed by atoms with Crippen molar-refractivity contribution in [3.8, 4) is 27.6 Å². The predicted molar refractivity (Wildman–Crippen MR) is 110 cm³/mol. The Balaban J connectivity index is 1.56. The quantitative estimate of drug-likeness (QED) is 0.457. The third-order valence-corrected chi connectivity index (χ3v) is 5.22. The second-order valence-electron chi connectivity index (χ2n) is 6.49. The number of aryl methyl sites for hydroxylation is 1. The zero-order valence-electron chi connectivity index (χ0n) is 15.8. The third kappa shape index (κ3) is 4.57. The molecule has 2 aromatic heterocycles. The van der Waals surface area contributed by atoms with Crippen molar-refractivity contribution in [2.45, 2.75) is 20.1 Å². The van der Waals surface area contributed by atoms with Gasteiger partial charge in [-0.2, -0.15) is 13.9 Å². The number of ether oxygens (including phenoxy) is 1. The first kappa shape index (κ1) is 19.8. The number of benzene rings is 2. The molecular formula is C21H16F2N4O2S. The highest BCUT2D eigenvalue weighted by molar-refractivity contribution is 7.14. The van der Waals surface area contributed by atoms with Gasteiger partial charge >= 0.3 is 6.61 Å². The Labute approximate surface area is 174 Å². The Bertz CT molecular complexity index is 1220. The molecule has 2 aromatic carbocycles. The molecule has 0 aliphatic heterocycles. The number of rotatable bonds is 6. The summed E-state index contributed by atoms with van der Waals surface area (Å²) in [6, 6.07) is 17.0. The summed E-state index contributed by atoms with van der Waals surface area (Å²) < 4.78 is 30.2. The lowest BCUT2D eigenvalue weighted by molar-refractivity contribution is -0.0498. The Kier molecular flexibility index (Phi) is 5.62. The van der Waals surface area contributed by atoms with E-state index in [1.165, 1.54) is 34.2 Å². The van der Waals surface area contributed by atoms with Crippen molar-refractivity contribution in [2.24, 2.45) is 0 Å². The van der Waals surface area contributed by atoms with Crippen molar-refractivity contribution >= 4 is 11.3 Å². The number of halogens is 2. The molecule has 0 saturated carbocycles. The van der Waals surface area contributed by atoms with Crippen molar-refractivity contribution in [3.05, 3.63) is 81.6 Å². The van der Waals surface area contributed by atoms with Gasteiger partial charge in [0.1, 0.15) is 15.8 Å². The Hall–Kier alpha value is -3.46. The summed E-state index contributed by atoms with van der Waals surface area (Å²) in [5.74, 6) is 0.0552. The molecule has 0 fully saturated rings. The maximum absolute atomic E-state index is 12.3. The maximum atomic E-state index is 12.3. The lowest BCUT2D eigenvalue weighted by Gasteiger charge is -2.07. The van der Waals surface area contributed by atoms with Crippen LogP contribution in [0.2, 0.25) is 0 Å². The molecule has 152 valence electrons. The van der Waals surface area contributed by atoms with Crippen molar-refractivity contribution in [2.75, 3.05) is 0 Å². The molecule has 0 unspecified atom stereocenters. The number of alkyl halides is 2. The van der Waals surface area contributed by atoms with Gasteiger partial charge in [0.25, 0.3) is 5.56 Å². The fourth-order valence-corrected chi connectivity index (χ4v) is 3.68. The number of nitrogens with zero attached hydrogens (tertiary/aromatic N) is 4. The SMILES string of the molecule is Cc1cccc(-c2nnc(Cn3nc(-c4ccc(OC(F)F)cc4)ccc3=O)s2)c1. The zero-order valence-corrected chi connectivity index (χ0v) is 16.6. The number of hydrogen-bond acceptors (Lipinski definition) is 6. The van der Waals surface area contributed by atoms with E-state index >= 15 is 0 Å². The molecular weight excluding hydrogens is 410 g/mol. The fourth-order valence-electron chi connectivity index (χ4n) is 2.86. The van der Waals surface area contributed by atoms with Gasteiger partial charge in [-0.15, -0.1) is 10.2 Å². The van der Waals surface area contributed by atoms with Crippen LogP contribution in [0, 0.1) is 6.92 Å². The largest absolute Gasteiger partial charge is 0.435 e. The molecule has 0 N–H and O–H groups in total. The molecule has 0 spiro atoms. The average molecular weight is 426 g/mol. The highest BCUT2D eigenvalue weighted by Gasteiger charge is 2.11. The van der Waals surface area contributed by atoms with Crippen LogP contribution in [0.1, 0.15) is 10.6 Å². The lowest BCUT2D eigenvalue weighted by Crippen LogP contribution is -2.22. The van der Waals surface area contributed by atoms with Gasteiger partial charge in [-0.25, -0.2) is 4.68 Å². The smallest absolute Gasteiger partial charge is 0.387 e. The molecule has 0 amide bonds. The van der Waals surface area contributed by atoms with Crippen molar-refractivity contribution in [1.82, 2.24) is 20.0 Å². The third-order valence-electron chi connectivity index (χ3n) is 4.26. The molecule has 0 aliphatic rings. The molecule has 0 bridgehead atoms. The molecule has 2 heterocycles. The maximum Gasteiger partial charge on any atom is 0.387 e. The first-order valence-electron chi connectivity index (χ1n) is 9.01. The second-order valence-corrected chi connectivity index (χ2v) is 7.55. The van der Waals surface area contributed by atoms with E-state index in [2.05, 4.69) is 20.0 Å². The minimum Gasteiger partial charge on any atom is -0.435 e. The molecule has 0 saturated heterocycles. The number of hydrogen-bond donors (Lipinski definition) is 0. The second kappa shape index (κ2) is 8.50. The predicted octanol–water partition coefficient (Wildman–Crippen LogP) is 4.39. The van der Waals surface area contributed by atoms with Gasteiger partial charge in [0, 0.05) is 17.2 Å². The van der Waals surface area contributed by atoms with E-state index in [9.17, 15) is 13.6 Å². The first-order chi connectivity index (χ1) is 14.5. The Morgan fingerprint density at radius 2 is 1.83 bits per heavy atom. The summed E-state index contributed by atoms with van der Waals surface area (Å²) in [6.07, 6.45) is 0. The van der Waals surface area contributed by atoms with Gasteiger partial charge in [-0.3, -0.25) is 4.79 Å². The van der Waals surface area contributed by atoms with Gasteiger partial charge in [0.15, 0.2) is 0 Å². The molecule has 0 atom stereocenters.